The van der Waals surface area contributed by atoms with Crippen LogP contribution in [0.15, 0.2) is 176 Å². The van der Waals surface area contributed by atoms with E-state index in [4.69, 9.17) is 49.8 Å². The van der Waals surface area contributed by atoms with E-state index in [-0.39, 0.29) is 0 Å². The van der Waals surface area contributed by atoms with Crippen LogP contribution >= 0.6 is 0 Å². The van der Waals surface area contributed by atoms with Gasteiger partial charge >= 0.3 is 0 Å². The van der Waals surface area contributed by atoms with Gasteiger partial charge in [0.05, 0.1) is 16.7 Å². The van der Waals surface area contributed by atoms with E-state index in [0.717, 1.165) is 72.0 Å². The second kappa shape index (κ2) is 17.8. The van der Waals surface area contributed by atoms with Crippen LogP contribution < -0.4 is 0 Å². The predicted octanol–water partition coefficient (Wildman–Crippen LogP) is 12.1. The molecular weight excluding hydrogens is 879 g/mol. The fourth-order valence-corrected chi connectivity index (χ4v) is 8.96. The van der Waals surface area contributed by atoms with Gasteiger partial charge in [-0.25, -0.2) is 59.8 Å². The maximum absolute atomic E-state index is 5.13. The zero-order chi connectivity index (χ0) is 48.0. The monoisotopic (exact) mass is 919 g/mol. The van der Waals surface area contributed by atoms with Gasteiger partial charge in [-0.15, -0.1) is 0 Å². The molecule has 0 unspecified atom stereocenters. The van der Waals surface area contributed by atoms with Gasteiger partial charge in [-0.2, -0.15) is 0 Å². The molecule has 0 amide bonds. The summed E-state index contributed by atoms with van der Waals surface area (Å²) < 4.78 is 2.25. The van der Waals surface area contributed by atoms with Gasteiger partial charge in [-0.1, -0.05) is 146 Å². The first kappa shape index (κ1) is 42.7. The highest BCUT2D eigenvalue weighted by Gasteiger charge is 2.23. The molecule has 0 saturated heterocycles. The molecule has 71 heavy (non-hydrogen) atoms. The van der Waals surface area contributed by atoms with E-state index >= 15 is 0 Å². The highest BCUT2D eigenvalue weighted by molar-refractivity contribution is 6.11. The molecule has 0 saturated carbocycles. The van der Waals surface area contributed by atoms with Crippen molar-refractivity contribution in [3.05, 3.63) is 199 Å². The molecule has 7 aromatic carbocycles. The smallest absolute Gasteiger partial charge is 0.165 e. The Kier molecular flexibility index (Phi) is 10.7. The van der Waals surface area contributed by atoms with Gasteiger partial charge in [0.1, 0.15) is 23.3 Å². The van der Waals surface area contributed by atoms with Crippen LogP contribution in [0, 0.1) is 27.7 Å². The van der Waals surface area contributed by atoms with Gasteiger partial charge in [0.25, 0.3) is 0 Å². The molecule has 12 rings (SSSR count). The van der Waals surface area contributed by atoms with E-state index in [9.17, 15) is 0 Å². The van der Waals surface area contributed by atoms with Crippen LogP contribution in [0.5, 0.6) is 0 Å². The van der Waals surface area contributed by atoms with Crippen molar-refractivity contribution in [2.24, 2.45) is 0 Å². The minimum absolute atomic E-state index is 0.506. The fraction of sp³-hybridized carbons (Fsp3) is 0.0690. The van der Waals surface area contributed by atoms with Crippen LogP contribution in [-0.4, -0.2) is 64.4 Å². The van der Waals surface area contributed by atoms with Gasteiger partial charge < -0.3 is 4.57 Å². The van der Waals surface area contributed by atoms with E-state index in [1.165, 1.54) is 0 Å². The van der Waals surface area contributed by atoms with Crippen molar-refractivity contribution in [3.63, 3.8) is 0 Å². The first-order valence-electron chi connectivity index (χ1n) is 23.1. The third kappa shape index (κ3) is 8.31. The Morgan fingerprint density at radius 2 is 0.549 bits per heavy atom. The minimum Gasteiger partial charge on any atom is -0.308 e. The zero-order valence-corrected chi connectivity index (χ0v) is 39.1. The molecule has 0 bridgehead atoms. The molecule has 0 radical (unpaired) electrons. The molecule has 0 fully saturated rings. The van der Waals surface area contributed by atoms with Crippen molar-refractivity contribution >= 4 is 21.8 Å². The van der Waals surface area contributed by atoms with Crippen LogP contribution in [0.25, 0.3) is 119 Å². The van der Waals surface area contributed by atoms with E-state index in [1.54, 1.807) is 0 Å². The summed E-state index contributed by atoms with van der Waals surface area (Å²) in [6, 6.07) is 58.9. The van der Waals surface area contributed by atoms with Gasteiger partial charge in [0, 0.05) is 55.3 Å². The highest BCUT2D eigenvalue weighted by atomic mass is 15.1. The van der Waals surface area contributed by atoms with Crippen LogP contribution in [0.2, 0.25) is 0 Å². The van der Waals surface area contributed by atoms with Crippen LogP contribution in [0.4, 0.5) is 0 Å². The molecule has 5 aromatic heterocycles. The van der Waals surface area contributed by atoms with Crippen molar-refractivity contribution in [2.75, 3.05) is 0 Å². The Labute approximate surface area is 408 Å². The summed E-state index contributed by atoms with van der Waals surface area (Å²) in [7, 11) is 0. The number of aryl methyl sites for hydroxylation is 4. The standard InChI is InChI=1S/C58H41N13/c1-34-59-35(2)62-55(61-34)42-27-30-48(47(31-42)58-63-36(3)60-37(4)64-58)71-49-32-43(56-67-51(38-17-9-5-10-18-38)65-52(68-56)39-19-11-6-12-20-39)25-28-45(49)46-29-26-44(33-50(46)71)57-69-53(40-21-13-7-14-22-40)66-54(70-57)41-23-15-8-16-24-41/h5-33H,1-4H3. The number of hydrogen-bond acceptors (Lipinski definition) is 12. The third-order valence-electron chi connectivity index (χ3n) is 12.1. The molecule has 0 spiro atoms. The second-order valence-electron chi connectivity index (χ2n) is 17.1. The van der Waals surface area contributed by atoms with Crippen LogP contribution in [0.3, 0.4) is 0 Å². The Bertz CT molecular complexity index is 3640. The average Bonchev–Trinajstić information content (AvgIpc) is 3.73. The van der Waals surface area contributed by atoms with E-state index < -0.39 is 0 Å². The van der Waals surface area contributed by atoms with Crippen molar-refractivity contribution in [1.82, 2.24) is 64.4 Å². The number of aromatic nitrogens is 13. The predicted molar refractivity (Wildman–Crippen MR) is 277 cm³/mol. The quantitative estimate of drug-likeness (QED) is 0.135. The Morgan fingerprint density at radius 1 is 0.254 bits per heavy atom. The second-order valence-corrected chi connectivity index (χ2v) is 17.1. The fourth-order valence-electron chi connectivity index (χ4n) is 8.96. The van der Waals surface area contributed by atoms with Crippen LogP contribution in [0.1, 0.15) is 23.3 Å². The van der Waals surface area contributed by atoms with E-state index in [1.807, 2.05) is 155 Å². The van der Waals surface area contributed by atoms with Crippen molar-refractivity contribution in [3.8, 4) is 96.8 Å². The Morgan fingerprint density at radius 3 is 0.915 bits per heavy atom. The molecule has 338 valence electrons. The molecule has 0 aliphatic rings. The summed E-state index contributed by atoms with van der Waals surface area (Å²) in [5.74, 6) is 6.86. The molecule has 13 nitrogen and oxygen atoms in total. The average molecular weight is 920 g/mol. The molecule has 5 heterocycles. The Hall–Kier alpha value is -9.62. The topological polar surface area (TPSA) is 160 Å². The lowest BCUT2D eigenvalue weighted by molar-refractivity contribution is 0.924. The highest BCUT2D eigenvalue weighted by Crippen LogP contribution is 2.40. The lowest BCUT2D eigenvalue weighted by Crippen LogP contribution is -2.05. The normalized spacial score (nSPS) is 11.4. The number of rotatable bonds is 9. The maximum atomic E-state index is 5.13. The first-order valence-corrected chi connectivity index (χ1v) is 23.1. The SMILES string of the molecule is Cc1nc(C)nc(-c2ccc(-n3c4cc(-c5nc(-c6ccccc6)nc(-c6ccccc6)n5)ccc4c4ccc(-c5nc(-c6ccccc6)nc(-c6ccccc6)n5)cc43)c(-c3nc(C)nc(C)n3)c2)n1. The lowest BCUT2D eigenvalue weighted by Gasteiger charge is -2.16. The molecule has 12 aromatic rings. The molecule has 0 aliphatic carbocycles. The molecular formula is C58H41N13. The minimum atomic E-state index is 0.506. The van der Waals surface area contributed by atoms with Crippen LogP contribution in [-0.2, 0) is 0 Å². The van der Waals surface area contributed by atoms with Gasteiger partial charge in [0.15, 0.2) is 46.6 Å². The Balaban J connectivity index is 1.14. The van der Waals surface area contributed by atoms with Crippen molar-refractivity contribution < 1.29 is 0 Å². The summed E-state index contributed by atoms with van der Waals surface area (Å²) in [5, 5.41) is 2.01. The largest absolute Gasteiger partial charge is 0.308 e. The summed E-state index contributed by atoms with van der Waals surface area (Å²) in [6.07, 6.45) is 0. The number of fused-ring (bicyclic) bond motifs is 3. The van der Waals surface area contributed by atoms with Gasteiger partial charge in [-0.05, 0) is 58.0 Å². The van der Waals surface area contributed by atoms with Crippen molar-refractivity contribution in [1.29, 1.82) is 0 Å². The number of benzene rings is 7. The summed E-state index contributed by atoms with van der Waals surface area (Å²) in [4.78, 5) is 58.9. The number of nitrogens with zero attached hydrogens (tertiary/aromatic N) is 13. The molecule has 13 heteroatoms. The first-order chi connectivity index (χ1) is 34.8. The molecule has 0 N–H and O–H groups in total. The third-order valence-corrected chi connectivity index (χ3v) is 12.1. The summed E-state index contributed by atoms with van der Waals surface area (Å²) in [5.41, 5.74) is 9.28. The van der Waals surface area contributed by atoms with Gasteiger partial charge in [-0.3, -0.25) is 0 Å². The molecule has 0 aliphatic heterocycles. The van der Waals surface area contributed by atoms with E-state index in [0.29, 0.717) is 69.9 Å². The summed E-state index contributed by atoms with van der Waals surface area (Å²) >= 11 is 0. The molecule has 0 atom stereocenters. The summed E-state index contributed by atoms with van der Waals surface area (Å²) in [6.45, 7) is 7.50. The maximum Gasteiger partial charge on any atom is 0.165 e. The van der Waals surface area contributed by atoms with E-state index in [2.05, 4.69) is 63.1 Å². The zero-order valence-electron chi connectivity index (χ0n) is 39.1. The van der Waals surface area contributed by atoms with Gasteiger partial charge in [0.2, 0.25) is 0 Å². The lowest BCUT2D eigenvalue weighted by atomic mass is 10.1. The van der Waals surface area contributed by atoms with Crippen molar-refractivity contribution in [2.45, 2.75) is 27.7 Å². The number of hydrogen-bond donors (Lipinski definition) is 0.